The molecule has 0 spiro atoms. The van der Waals surface area contributed by atoms with Crippen molar-refractivity contribution in [3.05, 3.63) is 30.0 Å². The molecule has 0 fully saturated rings. The van der Waals surface area contributed by atoms with E-state index >= 15 is 0 Å². The van der Waals surface area contributed by atoms with Crippen molar-refractivity contribution in [1.82, 2.24) is 15.0 Å². The van der Waals surface area contributed by atoms with E-state index in [1.54, 1.807) is 18.7 Å². The third kappa shape index (κ3) is 3.64. The smallest absolute Gasteiger partial charge is 0.250 e. The second-order valence-corrected chi connectivity index (χ2v) is 12.2. The summed E-state index contributed by atoms with van der Waals surface area (Å²) in [6, 6.07) is 7.88. The van der Waals surface area contributed by atoms with Crippen molar-refractivity contribution in [1.29, 1.82) is 0 Å². The van der Waals surface area contributed by atoms with Crippen LogP contribution in [0.15, 0.2) is 24.3 Å². The molecule has 0 saturated carbocycles. The lowest BCUT2D eigenvalue weighted by Gasteiger charge is -2.36. The van der Waals surface area contributed by atoms with Gasteiger partial charge in [-0.05, 0) is 49.3 Å². The summed E-state index contributed by atoms with van der Waals surface area (Å²) in [5.74, 6) is 0.878. The maximum atomic E-state index is 9.91. The molecule has 0 saturated heterocycles. The van der Waals surface area contributed by atoms with Gasteiger partial charge in [-0.1, -0.05) is 26.0 Å². The molecule has 0 radical (unpaired) electrons. The van der Waals surface area contributed by atoms with E-state index in [0.29, 0.717) is 11.4 Å². The number of aliphatic hydroxyl groups is 1. The van der Waals surface area contributed by atoms with Crippen LogP contribution in [0.25, 0.3) is 11.3 Å². The number of aryl methyl sites for hydroxylation is 1. The van der Waals surface area contributed by atoms with Gasteiger partial charge in [0.25, 0.3) is 0 Å². The quantitative estimate of drug-likeness (QED) is 0.862. The number of aliphatic hydroxyl groups excluding tert-OH is 1. The summed E-state index contributed by atoms with van der Waals surface area (Å²) in [5, 5.41) is 18.3. The van der Waals surface area contributed by atoms with Crippen LogP contribution in [-0.4, -0.2) is 28.4 Å². The Hall–Kier alpha value is -1.66. The summed E-state index contributed by atoms with van der Waals surface area (Å²) >= 11 is 0. The van der Waals surface area contributed by atoms with Crippen LogP contribution in [0.5, 0.6) is 5.75 Å². The predicted molar refractivity (Wildman–Crippen MR) is 94.9 cm³/mol. The van der Waals surface area contributed by atoms with Crippen molar-refractivity contribution in [3.63, 3.8) is 0 Å². The van der Waals surface area contributed by atoms with Crippen LogP contribution in [0.1, 0.15) is 39.5 Å². The zero-order valence-corrected chi connectivity index (χ0v) is 16.1. The first kappa shape index (κ1) is 17.7. The Morgan fingerprint density at radius 2 is 1.74 bits per heavy atom. The topological polar surface area (TPSA) is 60.2 Å². The Kier molecular flexibility index (Phi) is 4.68. The van der Waals surface area contributed by atoms with Gasteiger partial charge in [-0.25, -0.2) is 4.68 Å². The Bertz CT molecular complexity index is 670. The first-order chi connectivity index (χ1) is 10.5. The highest BCUT2D eigenvalue weighted by Crippen LogP contribution is 2.37. The second kappa shape index (κ2) is 6.09. The van der Waals surface area contributed by atoms with E-state index in [9.17, 15) is 5.11 Å². The molecule has 0 aliphatic heterocycles. The molecule has 0 amide bonds. The zero-order valence-electron chi connectivity index (χ0n) is 15.1. The highest BCUT2D eigenvalue weighted by atomic mass is 28.4. The fraction of sp³-hybridized carbons (Fsp3) is 0.529. The van der Waals surface area contributed by atoms with Crippen LogP contribution < -0.4 is 4.43 Å². The maximum absolute atomic E-state index is 9.91. The predicted octanol–water partition coefficient (Wildman–Crippen LogP) is 3.92. The fourth-order valence-corrected chi connectivity index (χ4v) is 3.20. The summed E-state index contributed by atoms with van der Waals surface area (Å²) in [7, 11) is -0.0540. The third-order valence-electron chi connectivity index (χ3n) is 4.57. The molecule has 2 rings (SSSR count). The minimum absolute atomic E-state index is 0.163. The monoisotopic (exact) mass is 333 g/mol. The largest absolute Gasteiger partial charge is 0.544 e. The van der Waals surface area contributed by atoms with Gasteiger partial charge in [-0.15, -0.1) is 5.10 Å². The van der Waals surface area contributed by atoms with E-state index < -0.39 is 14.4 Å². The van der Waals surface area contributed by atoms with Gasteiger partial charge in [-0.2, -0.15) is 0 Å². The molecule has 0 aliphatic rings. The standard InChI is InChI=1S/C17H27N3O2Si/c1-12(21)16-15(18-19-20(16)5)13-8-10-14(11-9-13)22-23(6,7)17(2,3)4/h8-12,21H,1-7H3. The molecule has 1 unspecified atom stereocenters. The molecular weight excluding hydrogens is 306 g/mol. The average molecular weight is 334 g/mol. The van der Waals surface area contributed by atoms with Gasteiger partial charge in [0.1, 0.15) is 11.4 Å². The lowest BCUT2D eigenvalue weighted by atomic mass is 10.1. The number of hydrogen-bond donors (Lipinski definition) is 1. The van der Waals surface area contributed by atoms with Gasteiger partial charge < -0.3 is 9.53 Å². The summed E-state index contributed by atoms with van der Waals surface area (Å²) in [4.78, 5) is 0. The molecule has 2 aromatic rings. The third-order valence-corrected chi connectivity index (χ3v) is 8.93. The molecule has 5 nitrogen and oxygen atoms in total. The molecule has 1 N–H and O–H groups in total. The Balaban J connectivity index is 2.28. The molecule has 0 aliphatic carbocycles. The van der Waals surface area contributed by atoms with E-state index in [4.69, 9.17) is 4.43 Å². The average Bonchev–Trinajstić information content (AvgIpc) is 2.80. The van der Waals surface area contributed by atoms with Crippen molar-refractivity contribution in [2.24, 2.45) is 7.05 Å². The Morgan fingerprint density at radius 1 is 1.17 bits per heavy atom. The summed E-state index contributed by atoms with van der Waals surface area (Å²) in [5.41, 5.74) is 2.35. The van der Waals surface area contributed by atoms with Crippen molar-refractivity contribution in [3.8, 4) is 17.0 Å². The number of aromatic nitrogens is 3. The van der Waals surface area contributed by atoms with Gasteiger partial charge in [-0.3, -0.25) is 0 Å². The van der Waals surface area contributed by atoms with Crippen LogP contribution in [-0.2, 0) is 7.05 Å². The summed E-state index contributed by atoms with van der Waals surface area (Å²) in [6.07, 6.45) is -0.617. The van der Waals surface area contributed by atoms with Crippen LogP contribution >= 0.6 is 0 Å². The molecule has 23 heavy (non-hydrogen) atoms. The van der Waals surface area contributed by atoms with Gasteiger partial charge in [0.05, 0.1) is 11.8 Å². The van der Waals surface area contributed by atoms with E-state index in [2.05, 4.69) is 44.2 Å². The van der Waals surface area contributed by atoms with Gasteiger partial charge in [0.15, 0.2) is 0 Å². The minimum atomic E-state index is -1.84. The molecule has 1 aromatic carbocycles. The molecule has 6 heteroatoms. The minimum Gasteiger partial charge on any atom is -0.544 e. The lowest BCUT2D eigenvalue weighted by molar-refractivity contribution is 0.189. The molecule has 1 atom stereocenters. The van der Waals surface area contributed by atoms with Crippen molar-refractivity contribution < 1.29 is 9.53 Å². The van der Waals surface area contributed by atoms with Gasteiger partial charge >= 0.3 is 0 Å². The van der Waals surface area contributed by atoms with E-state index in [1.807, 2.05) is 24.3 Å². The Labute approximate surface area is 139 Å². The van der Waals surface area contributed by atoms with Crippen molar-refractivity contribution in [2.45, 2.75) is 51.9 Å². The van der Waals surface area contributed by atoms with Crippen molar-refractivity contribution in [2.75, 3.05) is 0 Å². The molecule has 0 bridgehead atoms. The van der Waals surface area contributed by atoms with Crippen LogP contribution in [0.2, 0.25) is 18.1 Å². The van der Waals surface area contributed by atoms with Crippen LogP contribution in [0.3, 0.4) is 0 Å². The fourth-order valence-electron chi connectivity index (χ4n) is 2.17. The number of nitrogens with zero attached hydrogens (tertiary/aromatic N) is 3. The highest BCUT2D eigenvalue weighted by molar-refractivity contribution is 6.74. The highest BCUT2D eigenvalue weighted by Gasteiger charge is 2.38. The number of benzene rings is 1. The summed E-state index contributed by atoms with van der Waals surface area (Å²) < 4.78 is 7.90. The first-order valence-corrected chi connectivity index (χ1v) is 10.8. The molecule has 1 aromatic heterocycles. The second-order valence-electron chi connectivity index (χ2n) is 7.51. The van der Waals surface area contributed by atoms with E-state index in [0.717, 1.165) is 11.3 Å². The van der Waals surface area contributed by atoms with E-state index in [1.165, 1.54) is 0 Å². The molecular formula is C17H27N3O2Si. The molecule has 126 valence electrons. The summed E-state index contributed by atoms with van der Waals surface area (Å²) in [6.45, 7) is 12.9. The van der Waals surface area contributed by atoms with Crippen LogP contribution in [0.4, 0.5) is 0 Å². The Morgan fingerprint density at radius 3 is 2.22 bits per heavy atom. The van der Waals surface area contributed by atoms with Gasteiger partial charge in [0.2, 0.25) is 8.32 Å². The van der Waals surface area contributed by atoms with E-state index in [-0.39, 0.29) is 5.04 Å². The SMILES string of the molecule is CC(O)c1c(-c2ccc(O[Si](C)(C)C(C)(C)C)cc2)nnn1C. The lowest BCUT2D eigenvalue weighted by Crippen LogP contribution is -2.43. The first-order valence-electron chi connectivity index (χ1n) is 7.90. The maximum Gasteiger partial charge on any atom is 0.250 e. The van der Waals surface area contributed by atoms with Crippen molar-refractivity contribution >= 4 is 8.32 Å². The molecule has 1 heterocycles. The van der Waals surface area contributed by atoms with Crippen LogP contribution in [0, 0.1) is 0 Å². The normalized spacial score (nSPS) is 13.9. The van der Waals surface area contributed by atoms with Gasteiger partial charge in [0, 0.05) is 12.6 Å². The zero-order chi connectivity index (χ0) is 17.4. The number of rotatable bonds is 4. The number of hydrogen-bond acceptors (Lipinski definition) is 4.